The van der Waals surface area contributed by atoms with Gasteiger partial charge in [0.1, 0.15) is 11.6 Å². The highest BCUT2D eigenvalue weighted by molar-refractivity contribution is 6.40. The number of piperidine rings is 1. The summed E-state index contributed by atoms with van der Waals surface area (Å²) in [7, 11) is 1.55. The quantitative estimate of drug-likeness (QED) is 0.682. The van der Waals surface area contributed by atoms with Gasteiger partial charge in [-0.1, -0.05) is 29.3 Å². The molecule has 2 amide bonds. The number of nitrogens with zero attached hydrogens (tertiary/aromatic N) is 1. The maximum atomic E-state index is 14.0. The van der Waals surface area contributed by atoms with Gasteiger partial charge in [0, 0.05) is 26.1 Å². The molecule has 0 aromatic heterocycles. The topological polar surface area (TPSA) is 49.4 Å². The second kappa shape index (κ2) is 9.31. The normalized spacial score (nSPS) is 17.7. The van der Waals surface area contributed by atoms with Crippen LogP contribution in [0.3, 0.4) is 0 Å². The predicted octanol–water partition coefficient (Wildman–Crippen LogP) is 5.11. The molecule has 1 N–H and O–H groups in total. The molecule has 0 bridgehead atoms. The van der Waals surface area contributed by atoms with Crippen LogP contribution in [0.25, 0.3) is 0 Å². The molecule has 4 nitrogen and oxygen atoms in total. The third-order valence-electron chi connectivity index (χ3n) is 5.48. The van der Waals surface area contributed by atoms with E-state index >= 15 is 0 Å². The van der Waals surface area contributed by atoms with Gasteiger partial charge in [0.15, 0.2) is 0 Å². The summed E-state index contributed by atoms with van der Waals surface area (Å²) in [4.78, 5) is 26.0. The lowest BCUT2D eigenvalue weighted by Gasteiger charge is -2.34. The molecule has 0 radical (unpaired) electrons. The lowest BCUT2D eigenvalue weighted by atomic mass is 9.90. The highest BCUT2D eigenvalue weighted by atomic mass is 35.5. The van der Waals surface area contributed by atoms with Crippen molar-refractivity contribution in [3.63, 3.8) is 0 Å². The molecule has 1 aliphatic heterocycles. The van der Waals surface area contributed by atoms with Gasteiger partial charge in [-0.05, 0) is 55.0 Å². The molecule has 0 saturated carbocycles. The summed E-state index contributed by atoms with van der Waals surface area (Å²) in [6, 6.07) is 6.80. The third-order valence-corrected chi connectivity index (χ3v) is 6.06. The van der Waals surface area contributed by atoms with Crippen LogP contribution in [0.1, 0.15) is 36.8 Å². The van der Waals surface area contributed by atoms with Gasteiger partial charge in [0.05, 0.1) is 21.7 Å². The first kappa shape index (κ1) is 22.5. The van der Waals surface area contributed by atoms with Crippen molar-refractivity contribution in [2.24, 2.45) is 5.92 Å². The number of carbonyl (C=O) groups excluding carboxylic acids is 2. The summed E-state index contributed by atoms with van der Waals surface area (Å²) < 4.78 is 27.2. The molecule has 3 rings (SSSR count). The molecular weight excluding hydrogens is 433 g/mol. The number of carbonyl (C=O) groups is 2. The first-order chi connectivity index (χ1) is 14.2. The predicted molar refractivity (Wildman–Crippen MR) is 114 cm³/mol. The summed E-state index contributed by atoms with van der Waals surface area (Å²) in [6.45, 7) is 2.05. The first-order valence-corrected chi connectivity index (χ1v) is 10.4. The van der Waals surface area contributed by atoms with Gasteiger partial charge >= 0.3 is 0 Å². The SMILES string of the molecule is CNC(=O)C(C)c1cc(Cl)c(N2CC(Cc3ccc(F)cc3F)CCC2=O)c(Cl)c1. The number of hydrogen-bond acceptors (Lipinski definition) is 2. The minimum Gasteiger partial charge on any atom is -0.359 e. The number of benzene rings is 2. The Balaban J connectivity index is 1.85. The molecule has 0 spiro atoms. The van der Waals surface area contributed by atoms with Gasteiger partial charge in [-0.25, -0.2) is 8.78 Å². The van der Waals surface area contributed by atoms with E-state index in [1.807, 2.05) is 0 Å². The van der Waals surface area contributed by atoms with Crippen molar-refractivity contribution in [2.45, 2.75) is 32.1 Å². The molecule has 1 fully saturated rings. The summed E-state index contributed by atoms with van der Waals surface area (Å²) in [5.41, 5.74) is 1.44. The van der Waals surface area contributed by atoms with E-state index in [-0.39, 0.29) is 34.2 Å². The van der Waals surface area contributed by atoms with E-state index in [4.69, 9.17) is 23.2 Å². The zero-order valence-electron chi connectivity index (χ0n) is 16.6. The van der Waals surface area contributed by atoms with E-state index in [0.29, 0.717) is 36.2 Å². The maximum Gasteiger partial charge on any atom is 0.227 e. The van der Waals surface area contributed by atoms with Crippen molar-refractivity contribution >= 4 is 40.7 Å². The number of nitrogens with one attached hydrogen (secondary N) is 1. The van der Waals surface area contributed by atoms with E-state index in [2.05, 4.69) is 5.32 Å². The van der Waals surface area contributed by atoms with Gasteiger partial charge in [-0.2, -0.15) is 0 Å². The average Bonchev–Trinajstić information content (AvgIpc) is 2.70. The molecule has 2 unspecified atom stereocenters. The molecule has 30 heavy (non-hydrogen) atoms. The number of anilines is 1. The fourth-order valence-corrected chi connectivity index (χ4v) is 4.46. The molecule has 2 aromatic carbocycles. The molecule has 8 heteroatoms. The number of likely N-dealkylation sites (N-methyl/N-ethyl adjacent to an activating group) is 1. The van der Waals surface area contributed by atoms with E-state index < -0.39 is 17.6 Å². The Bertz CT molecular complexity index is 961. The summed E-state index contributed by atoms with van der Waals surface area (Å²) in [6.07, 6.45) is 1.24. The van der Waals surface area contributed by atoms with Crippen molar-refractivity contribution < 1.29 is 18.4 Å². The van der Waals surface area contributed by atoms with Gasteiger partial charge in [0.2, 0.25) is 11.8 Å². The lowest BCUT2D eigenvalue weighted by molar-refractivity contribution is -0.122. The standard InChI is InChI=1S/C22H22Cl2F2N2O2/c1-12(22(30)27-2)15-8-17(23)21(18(24)9-15)28-11-13(3-6-20(28)29)7-14-4-5-16(25)10-19(14)26/h4-5,8-10,12-13H,3,6-7,11H2,1-2H3,(H,27,30). The molecule has 0 aliphatic carbocycles. The largest absolute Gasteiger partial charge is 0.359 e. The Hall–Kier alpha value is -2.18. The van der Waals surface area contributed by atoms with Crippen molar-refractivity contribution in [2.75, 3.05) is 18.5 Å². The molecule has 2 aromatic rings. The second-order valence-corrected chi connectivity index (χ2v) is 8.33. The van der Waals surface area contributed by atoms with Gasteiger partial charge in [-0.3, -0.25) is 9.59 Å². The van der Waals surface area contributed by atoms with Crippen LogP contribution in [-0.4, -0.2) is 25.4 Å². The maximum absolute atomic E-state index is 14.0. The molecule has 1 heterocycles. The Kier molecular flexibility index (Phi) is 6.98. The number of amides is 2. The lowest BCUT2D eigenvalue weighted by Crippen LogP contribution is -2.41. The zero-order valence-corrected chi connectivity index (χ0v) is 18.2. The van der Waals surface area contributed by atoms with Gasteiger partial charge in [0.25, 0.3) is 0 Å². The zero-order chi connectivity index (χ0) is 22.0. The van der Waals surface area contributed by atoms with Gasteiger partial charge < -0.3 is 10.2 Å². The van der Waals surface area contributed by atoms with Crippen molar-refractivity contribution in [1.29, 1.82) is 0 Å². The molecule has 160 valence electrons. The van der Waals surface area contributed by atoms with Crippen LogP contribution >= 0.6 is 23.2 Å². The number of hydrogen-bond donors (Lipinski definition) is 1. The van der Waals surface area contributed by atoms with Crippen LogP contribution in [-0.2, 0) is 16.0 Å². The minimum absolute atomic E-state index is 0.0285. The fraction of sp³-hybridized carbons (Fsp3) is 0.364. The van der Waals surface area contributed by atoms with E-state index in [9.17, 15) is 18.4 Å². The Morgan fingerprint density at radius 3 is 2.50 bits per heavy atom. The average molecular weight is 455 g/mol. The van der Waals surface area contributed by atoms with Crippen molar-refractivity contribution in [1.82, 2.24) is 5.32 Å². The van der Waals surface area contributed by atoms with Crippen molar-refractivity contribution in [3.8, 4) is 0 Å². The Labute approximate surface area is 184 Å². The van der Waals surface area contributed by atoms with Crippen LogP contribution in [0.5, 0.6) is 0 Å². The summed E-state index contributed by atoms with van der Waals surface area (Å²) in [5.74, 6) is -2.00. The van der Waals surface area contributed by atoms with Gasteiger partial charge in [-0.15, -0.1) is 0 Å². The monoisotopic (exact) mass is 454 g/mol. The van der Waals surface area contributed by atoms with E-state index in [1.54, 1.807) is 26.1 Å². The van der Waals surface area contributed by atoms with E-state index in [0.717, 1.165) is 6.07 Å². The highest BCUT2D eigenvalue weighted by Gasteiger charge is 2.31. The molecule has 2 atom stereocenters. The summed E-state index contributed by atoms with van der Waals surface area (Å²) >= 11 is 12.9. The van der Waals surface area contributed by atoms with E-state index in [1.165, 1.54) is 17.0 Å². The first-order valence-electron chi connectivity index (χ1n) is 9.66. The van der Waals surface area contributed by atoms with Crippen LogP contribution in [0, 0.1) is 17.6 Å². The number of halogens is 4. The Morgan fingerprint density at radius 2 is 1.90 bits per heavy atom. The van der Waals surface area contributed by atoms with Crippen molar-refractivity contribution in [3.05, 3.63) is 63.1 Å². The molecule has 1 saturated heterocycles. The van der Waals surface area contributed by atoms with Crippen LogP contribution < -0.4 is 10.2 Å². The van der Waals surface area contributed by atoms with Crippen LogP contribution in [0.2, 0.25) is 10.0 Å². The Morgan fingerprint density at radius 1 is 1.23 bits per heavy atom. The minimum atomic E-state index is -0.624. The highest BCUT2D eigenvalue weighted by Crippen LogP contribution is 2.39. The van der Waals surface area contributed by atoms with Crippen LogP contribution in [0.15, 0.2) is 30.3 Å². The second-order valence-electron chi connectivity index (χ2n) is 7.52. The molecular formula is C22H22Cl2F2N2O2. The number of rotatable bonds is 5. The fourth-order valence-electron chi connectivity index (χ4n) is 3.76. The smallest absolute Gasteiger partial charge is 0.227 e. The summed E-state index contributed by atoms with van der Waals surface area (Å²) in [5, 5.41) is 3.13. The third kappa shape index (κ3) is 4.76. The van der Waals surface area contributed by atoms with Crippen LogP contribution in [0.4, 0.5) is 14.5 Å². The molecule has 1 aliphatic rings.